The quantitative estimate of drug-likeness (QED) is 0.724. The molecule has 3 heterocycles. The van der Waals surface area contributed by atoms with E-state index in [0.29, 0.717) is 12.5 Å². The number of rotatable bonds is 3. The van der Waals surface area contributed by atoms with Crippen LogP contribution in [0.5, 0.6) is 0 Å². The Morgan fingerprint density at radius 1 is 1.04 bits per heavy atom. The molecular weight excluding hydrogens is 333 g/mol. The summed E-state index contributed by atoms with van der Waals surface area (Å²) in [4.78, 5) is 2.22. The van der Waals surface area contributed by atoms with Crippen molar-refractivity contribution in [2.45, 2.75) is 37.9 Å². The van der Waals surface area contributed by atoms with E-state index < -0.39 is 0 Å². The summed E-state index contributed by atoms with van der Waals surface area (Å²) in [5, 5.41) is 13.3. The summed E-state index contributed by atoms with van der Waals surface area (Å²) in [7, 11) is 0. The van der Waals surface area contributed by atoms with Crippen LogP contribution in [0.15, 0.2) is 36.4 Å². The molecule has 1 saturated heterocycles. The summed E-state index contributed by atoms with van der Waals surface area (Å²) in [6.07, 6.45) is 2.27. The van der Waals surface area contributed by atoms with Crippen LogP contribution in [0.2, 0.25) is 0 Å². The highest BCUT2D eigenvalue weighted by Crippen LogP contribution is 2.39. The molecule has 6 nitrogen and oxygen atoms in total. The lowest BCUT2D eigenvalue weighted by Gasteiger charge is -2.37. The Morgan fingerprint density at radius 3 is 2.62 bits per heavy atom. The van der Waals surface area contributed by atoms with Gasteiger partial charge >= 0.3 is 0 Å². The molecule has 7 heteroatoms. The van der Waals surface area contributed by atoms with E-state index >= 15 is 0 Å². The summed E-state index contributed by atoms with van der Waals surface area (Å²) >= 11 is 0. The van der Waals surface area contributed by atoms with Crippen LogP contribution in [0.3, 0.4) is 0 Å². The minimum Gasteiger partial charge on any atom is -0.367 e. The fraction of sp³-hybridized carbons (Fsp3) is 0.421. The molecule has 0 bridgehead atoms. The Labute approximate surface area is 150 Å². The van der Waals surface area contributed by atoms with Gasteiger partial charge in [-0.2, -0.15) is 4.52 Å². The normalized spacial score (nSPS) is 23.5. The predicted molar refractivity (Wildman–Crippen MR) is 94.7 cm³/mol. The van der Waals surface area contributed by atoms with Gasteiger partial charge in [-0.1, -0.05) is 12.1 Å². The van der Waals surface area contributed by atoms with Crippen molar-refractivity contribution in [1.29, 1.82) is 0 Å². The van der Waals surface area contributed by atoms with Crippen molar-refractivity contribution in [3.8, 4) is 0 Å². The first-order chi connectivity index (χ1) is 12.7. The van der Waals surface area contributed by atoms with E-state index in [-0.39, 0.29) is 18.0 Å². The van der Waals surface area contributed by atoms with E-state index in [1.54, 1.807) is 12.1 Å². The smallest absolute Gasteiger partial charge is 0.178 e. The second-order valence-electron chi connectivity index (χ2n) is 7.19. The van der Waals surface area contributed by atoms with E-state index in [0.717, 1.165) is 42.2 Å². The summed E-state index contributed by atoms with van der Waals surface area (Å²) in [5.74, 6) is 2.10. The zero-order valence-corrected chi connectivity index (χ0v) is 14.5. The molecule has 0 radical (unpaired) electrons. The number of nitrogens with zero attached hydrogens (tertiary/aromatic N) is 5. The molecule has 0 amide bonds. The van der Waals surface area contributed by atoms with Crippen molar-refractivity contribution in [1.82, 2.24) is 19.8 Å². The van der Waals surface area contributed by atoms with Gasteiger partial charge in [0.25, 0.3) is 0 Å². The molecule has 1 aliphatic heterocycles. The van der Waals surface area contributed by atoms with Gasteiger partial charge < -0.3 is 9.64 Å². The van der Waals surface area contributed by atoms with Crippen molar-refractivity contribution in [3.05, 3.63) is 53.6 Å². The van der Waals surface area contributed by atoms with Crippen LogP contribution < -0.4 is 4.90 Å². The largest absolute Gasteiger partial charge is 0.367 e. The van der Waals surface area contributed by atoms with Crippen molar-refractivity contribution < 1.29 is 9.13 Å². The molecule has 1 aromatic carbocycles. The van der Waals surface area contributed by atoms with E-state index in [1.807, 2.05) is 16.6 Å². The van der Waals surface area contributed by atoms with Gasteiger partial charge in [-0.25, -0.2) is 4.39 Å². The second kappa shape index (κ2) is 6.02. The average molecular weight is 353 g/mol. The molecule has 0 spiro atoms. The van der Waals surface area contributed by atoms with E-state index in [9.17, 15) is 4.39 Å². The number of morpholine rings is 1. The third-order valence-electron chi connectivity index (χ3n) is 5.04. The standard InChI is InChI=1S/C19H20FN5O/c1-12-10-24(11-16(26-12)13-4-6-15(20)7-5-13)18-9-8-17-21-22-19(14-2-3-14)25(17)23-18/h4-9,12,14,16H,2-3,10-11H2,1H3. The van der Waals surface area contributed by atoms with Crippen LogP contribution in [-0.4, -0.2) is 39.0 Å². The summed E-state index contributed by atoms with van der Waals surface area (Å²) in [6, 6.07) is 10.5. The highest BCUT2D eigenvalue weighted by molar-refractivity contribution is 5.47. The Bertz CT molecular complexity index is 937. The monoisotopic (exact) mass is 353 g/mol. The topological polar surface area (TPSA) is 55.6 Å². The Hall–Kier alpha value is -2.54. The van der Waals surface area contributed by atoms with E-state index in [4.69, 9.17) is 9.84 Å². The SMILES string of the molecule is CC1CN(c2ccc3nnc(C4CC4)n3n2)CC(c2ccc(F)cc2)O1. The van der Waals surface area contributed by atoms with Gasteiger partial charge in [-0.3, -0.25) is 0 Å². The van der Waals surface area contributed by atoms with Gasteiger partial charge in [-0.15, -0.1) is 15.3 Å². The fourth-order valence-corrected chi connectivity index (χ4v) is 3.56. The van der Waals surface area contributed by atoms with Crippen LogP contribution >= 0.6 is 0 Å². The Balaban J connectivity index is 1.45. The average Bonchev–Trinajstić information content (AvgIpc) is 3.40. The minimum atomic E-state index is -0.234. The molecule has 134 valence electrons. The first kappa shape index (κ1) is 15.7. The Morgan fingerprint density at radius 2 is 1.85 bits per heavy atom. The van der Waals surface area contributed by atoms with Crippen LogP contribution in [0.4, 0.5) is 10.2 Å². The predicted octanol–water partition coefficient (Wildman–Crippen LogP) is 3.11. The highest BCUT2D eigenvalue weighted by atomic mass is 19.1. The number of halogens is 1. The van der Waals surface area contributed by atoms with Crippen molar-refractivity contribution in [2.24, 2.45) is 0 Å². The maximum Gasteiger partial charge on any atom is 0.178 e. The summed E-state index contributed by atoms with van der Waals surface area (Å²) in [5.41, 5.74) is 1.76. The molecule has 2 unspecified atom stereocenters. The maximum absolute atomic E-state index is 13.2. The number of aromatic nitrogens is 4. The summed E-state index contributed by atoms with van der Waals surface area (Å²) < 4.78 is 21.2. The van der Waals surface area contributed by atoms with Crippen molar-refractivity contribution in [2.75, 3.05) is 18.0 Å². The molecule has 2 atom stereocenters. The molecule has 26 heavy (non-hydrogen) atoms. The van der Waals surface area contributed by atoms with Gasteiger partial charge in [0.2, 0.25) is 0 Å². The van der Waals surface area contributed by atoms with E-state index in [1.165, 1.54) is 12.1 Å². The van der Waals surface area contributed by atoms with E-state index in [2.05, 4.69) is 22.0 Å². The number of hydrogen-bond acceptors (Lipinski definition) is 5. The number of anilines is 1. The third-order valence-corrected chi connectivity index (χ3v) is 5.04. The van der Waals surface area contributed by atoms with Gasteiger partial charge in [0, 0.05) is 19.0 Å². The minimum absolute atomic E-state index is 0.0557. The first-order valence-corrected chi connectivity index (χ1v) is 9.05. The number of hydrogen-bond donors (Lipinski definition) is 0. The zero-order valence-electron chi connectivity index (χ0n) is 14.5. The van der Waals surface area contributed by atoms with Gasteiger partial charge in [0.05, 0.1) is 6.10 Å². The maximum atomic E-state index is 13.2. The molecule has 2 aromatic heterocycles. The van der Waals surface area contributed by atoms with Crippen LogP contribution in [0, 0.1) is 5.82 Å². The van der Waals surface area contributed by atoms with Gasteiger partial charge in [-0.05, 0) is 49.6 Å². The van der Waals surface area contributed by atoms with Crippen molar-refractivity contribution in [3.63, 3.8) is 0 Å². The van der Waals surface area contributed by atoms with Gasteiger partial charge in [0.15, 0.2) is 11.5 Å². The molecule has 0 N–H and O–H groups in total. The lowest BCUT2D eigenvalue weighted by molar-refractivity contribution is -0.0176. The lowest BCUT2D eigenvalue weighted by atomic mass is 10.1. The number of benzene rings is 1. The van der Waals surface area contributed by atoms with Crippen molar-refractivity contribution >= 4 is 11.5 Å². The fourth-order valence-electron chi connectivity index (χ4n) is 3.56. The van der Waals surface area contributed by atoms with Crippen LogP contribution in [-0.2, 0) is 4.74 Å². The number of ether oxygens (including phenoxy) is 1. The van der Waals surface area contributed by atoms with Crippen LogP contribution in [0.1, 0.15) is 43.2 Å². The highest BCUT2D eigenvalue weighted by Gasteiger charge is 2.31. The zero-order chi connectivity index (χ0) is 17.7. The summed E-state index contributed by atoms with van der Waals surface area (Å²) in [6.45, 7) is 3.49. The first-order valence-electron chi connectivity index (χ1n) is 9.05. The lowest BCUT2D eigenvalue weighted by Crippen LogP contribution is -2.43. The molecule has 2 aliphatic rings. The number of fused-ring (bicyclic) bond motifs is 1. The third kappa shape index (κ3) is 2.82. The Kier molecular flexibility index (Phi) is 3.63. The molecule has 2 fully saturated rings. The van der Waals surface area contributed by atoms with Gasteiger partial charge in [0.1, 0.15) is 17.7 Å². The molecule has 1 aliphatic carbocycles. The molecule has 3 aromatic rings. The molecular formula is C19H20FN5O. The van der Waals surface area contributed by atoms with Crippen LogP contribution in [0.25, 0.3) is 5.65 Å². The second-order valence-corrected chi connectivity index (χ2v) is 7.19. The molecule has 1 saturated carbocycles. The molecule has 5 rings (SSSR count).